The fourth-order valence-corrected chi connectivity index (χ4v) is 4.92. The van der Waals surface area contributed by atoms with Gasteiger partial charge < -0.3 is 5.73 Å². The summed E-state index contributed by atoms with van der Waals surface area (Å²) in [4.78, 5) is 0. The predicted octanol–water partition coefficient (Wildman–Crippen LogP) is 2.97. The van der Waals surface area contributed by atoms with Crippen LogP contribution in [0.4, 0.5) is 0 Å². The summed E-state index contributed by atoms with van der Waals surface area (Å²) in [7, 11) is 0. The highest BCUT2D eigenvalue weighted by molar-refractivity contribution is 5.85. The average Bonchev–Trinajstić information content (AvgIpc) is 2.63. The van der Waals surface area contributed by atoms with Gasteiger partial charge in [-0.3, -0.25) is 0 Å². The Morgan fingerprint density at radius 1 is 1.14 bits per heavy atom. The Morgan fingerprint density at radius 3 is 2.50 bits per heavy atom. The number of hydrogen-bond donors (Lipinski definition) is 1. The standard InChI is InChI=1S/C12H21N.ClH/c1-11(2)5-6-12(13)9-4-3-8(7-9)10(11)12;/h8-10H,3-7,13H2,1-2H3;1H. The van der Waals surface area contributed by atoms with Crippen molar-refractivity contribution in [3.8, 4) is 0 Å². The summed E-state index contributed by atoms with van der Waals surface area (Å²) in [5, 5.41) is 0. The third-order valence-electron chi connectivity index (χ3n) is 5.33. The first-order valence-corrected chi connectivity index (χ1v) is 5.83. The molecule has 2 heteroatoms. The maximum atomic E-state index is 6.63. The van der Waals surface area contributed by atoms with Crippen molar-refractivity contribution in [3.05, 3.63) is 0 Å². The molecule has 2 N–H and O–H groups in total. The van der Waals surface area contributed by atoms with Gasteiger partial charge in [-0.1, -0.05) is 13.8 Å². The van der Waals surface area contributed by atoms with Crippen molar-refractivity contribution in [3.63, 3.8) is 0 Å². The van der Waals surface area contributed by atoms with E-state index in [4.69, 9.17) is 5.73 Å². The highest BCUT2D eigenvalue weighted by atomic mass is 35.5. The molecule has 1 nitrogen and oxygen atoms in total. The minimum Gasteiger partial charge on any atom is -0.325 e. The van der Waals surface area contributed by atoms with Crippen LogP contribution in [-0.2, 0) is 0 Å². The molecule has 0 saturated heterocycles. The van der Waals surface area contributed by atoms with Crippen LogP contribution in [0.25, 0.3) is 0 Å². The summed E-state index contributed by atoms with van der Waals surface area (Å²) >= 11 is 0. The van der Waals surface area contributed by atoms with Gasteiger partial charge in [0.1, 0.15) is 0 Å². The molecule has 3 aliphatic carbocycles. The third kappa shape index (κ3) is 1.06. The fraction of sp³-hybridized carbons (Fsp3) is 1.00. The molecule has 0 aromatic heterocycles. The molecule has 0 amide bonds. The van der Waals surface area contributed by atoms with Crippen molar-refractivity contribution in [2.45, 2.75) is 51.5 Å². The zero-order valence-corrected chi connectivity index (χ0v) is 10.1. The molecule has 3 saturated carbocycles. The smallest absolute Gasteiger partial charge is 0.0219 e. The monoisotopic (exact) mass is 215 g/mol. The lowest BCUT2D eigenvalue weighted by Crippen LogP contribution is -2.50. The lowest BCUT2D eigenvalue weighted by atomic mass is 9.68. The van der Waals surface area contributed by atoms with Crippen molar-refractivity contribution in [2.24, 2.45) is 28.9 Å². The Hall–Kier alpha value is 0.250. The molecule has 4 unspecified atom stereocenters. The Balaban J connectivity index is 0.000000750. The molecule has 0 aromatic rings. The third-order valence-corrected chi connectivity index (χ3v) is 5.33. The van der Waals surface area contributed by atoms with Crippen molar-refractivity contribution in [1.82, 2.24) is 0 Å². The quantitative estimate of drug-likeness (QED) is 0.661. The van der Waals surface area contributed by atoms with Crippen LogP contribution in [0, 0.1) is 23.2 Å². The number of halogens is 1. The van der Waals surface area contributed by atoms with Gasteiger partial charge in [-0.25, -0.2) is 0 Å². The van der Waals surface area contributed by atoms with Crippen molar-refractivity contribution < 1.29 is 0 Å². The molecule has 4 atom stereocenters. The Kier molecular flexibility index (Phi) is 2.22. The van der Waals surface area contributed by atoms with Crippen molar-refractivity contribution in [2.75, 3.05) is 0 Å². The summed E-state index contributed by atoms with van der Waals surface area (Å²) in [5.74, 6) is 2.70. The van der Waals surface area contributed by atoms with Crippen molar-refractivity contribution >= 4 is 12.4 Å². The number of nitrogens with two attached hydrogens (primary N) is 1. The van der Waals surface area contributed by atoms with Gasteiger partial charge in [0.2, 0.25) is 0 Å². The van der Waals surface area contributed by atoms with Gasteiger partial charge in [0.05, 0.1) is 0 Å². The first-order valence-electron chi connectivity index (χ1n) is 5.83. The van der Waals surface area contributed by atoms with Crippen LogP contribution in [0.15, 0.2) is 0 Å². The van der Waals surface area contributed by atoms with E-state index in [9.17, 15) is 0 Å². The molecule has 3 rings (SSSR count). The van der Waals surface area contributed by atoms with Crippen LogP contribution >= 0.6 is 12.4 Å². The predicted molar refractivity (Wildman–Crippen MR) is 61.5 cm³/mol. The molecule has 0 spiro atoms. The van der Waals surface area contributed by atoms with E-state index in [0.717, 1.165) is 17.8 Å². The van der Waals surface area contributed by atoms with Gasteiger partial charge >= 0.3 is 0 Å². The largest absolute Gasteiger partial charge is 0.325 e. The zero-order chi connectivity index (χ0) is 9.27. The van der Waals surface area contributed by atoms with Crippen molar-refractivity contribution in [1.29, 1.82) is 0 Å². The van der Waals surface area contributed by atoms with E-state index in [1.807, 2.05) is 0 Å². The number of hydrogen-bond acceptors (Lipinski definition) is 1. The molecule has 0 heterocycles. The van der Waals surface area contributed by atoms with E-state index < -0.39 is 0 Å². The first kappa shape index (κ1) is 10.8. The van der Waals surface area contributed by atoms with Crippen LogP contribution in [0.1, 0.15) is 46.0 Å². The second kappa shape index (κ2) is 2.89. The average molecular weight is 216 g/mol. The summed E-state index contributed by atoms with van der Waals surface area (Å²) in [6, 6.07) is 0. The van der Waals surface area contributed by atoms with E-state index in [0.29, 0.717) is 5.41 Å². The van der Waals surface area contributed by atoms with E-state index >= 15 is 0 Å². The van der Waals surface area contributed by atoms with Gasteiger partial charge in [0, 0.05) is 5.54 Å². The maximum Gasteiger partial charge on any atom is 0.0219 e. The summed E-state index contributed by atoms with van der Waals surface area (Å²) in [6.45, 7) is 4.87. The lowest BCUT2D eigenvalue weighted by Gasteiger charge is -2.41. The molecule has 0 aromatic carbocycles. The van der Waals surface area contributed by atoms with Crippen LogP contribution in [0.3, 0.4) is 0 Å². The van der Waals surface area contributed by atoms with Gasteiger partial charge in [-0.15, -0.1) is 12.4 Å². The summed E-state index contributed by atoms with van der Waals surface area (Å²) in [5.41, 5.74) is 7.42. The topological polar surface area (TPSA) is 26.0 Å². The van der Waals surface area contributed by atoms with E-state index in [1.165, 1.54) is 32.1 Å². The van der Waals surface area contributed by atoms with Crippen LogP contribution in [-0.4, -0.2) is 5.54 Å². The maximum absolute atomic E-state index is 6.63. The van der Waals surface area contributed by atoms with E-state index in [1.54, 1.807) is 0 Å². The molecule has 3 fully saturated rings. The second-order valence-corrected chi connectivity index (χ2v) is 6.35. The highest BCUT2D eigenvalue weighted by Crippen LogP contribution is 2.65. The summed E-state index contributed by atoms with van der Waals surface area (Å²) < 4.78 is 0. The van der Waals surface area contributed by atoms with Gasteiger partial charge in [-0.2, -0.15) is 0 Å². The molecule has 0 aliphatic heterocycles. The van der Waals surface area contributed by atoms with Crippen LogP contribution in [0.5, 0.6) is 0 Å². The molecule has 2 bridgehead atoms. The normalized spacial score (nSPS) is 52.9. The lowest BCUT2D eigenvalue weighted by molar-refractivity contribution is 0.124. The zero-order valence-electron chi connectivity index (χ0n) is 9.25. The second-order valence-electron chi connectivity index (χ2n) is 6.35. The minimum atomic E-state index is 0. The number of fused-ring (bicyclic) bond motifs is 5. The van der Waals surface area contributed by atoms with Crippen LogP contribution in [0.2, 0.25) is 0 Å². The molecule has 14 heavy (non-hydrogen) atoms. The van der Waals surface area contributed by atoms with Crippen LogP contribution < -0.4 is 5.73 Å². The molecular formula is C12H22ClN. The summed E-state index contributed by atoms with van der Waals surface area (Å²) in [6.07, 6.45) is 7.00. The highest BCUT2D eigenvalue weighted by Gasteiger charge is 2.63. The Labute approximate surface area is 93.2 Å². The molecular weight excluding hydrogens is 194 g/mol. The SMILES string of the molecule is CC1(C)CCC2(N)C3CCC(C3)C12.Cl. The Morgan fingerprint density at radius 2 is 1.86 bits per heavy atom. The molecule has 3 aliphatic rings. The molecule has 82 valence electrons. The van der Waals surface area contributed by atoms with E-state index in [2.05, 4.69) is 13.8 Å². The van der Waals surface area contributed by atoms with Gasteiger partial charge in [-0.05, 0) is 55.3 Å². The fourth-order valence-electron chi connectivity index (χ4n) is 4.92. The molecule has 0 radical (unpaired) electrons. The number of rotatable bonds is 0. The minimum absolute atomic E-state index is 0. The van der Waals surface area contributed by atoms with Gasteiger partial charge in [0.25, 0.3) is 0 Å². The Bertz CT molecular complexity index is 251. The van der Waals surface area contributed by atoms with Gasteiger partial charge in [0.15, 0.2) is 0 Å². The first-order chi connectivity index (χ1) is 6.04. The van der Waals surface area contributed by atoms with E-state index in [-0.39, 0.29) is 17.9 Å².